The van der Waals surface area contributed by atoms with Gasteiger partial charge in [0, 0.05) is 36.7 Å². The molecule has 40 heavy (non-hydrogen) atoms. The zero-order valence-electron chi connectivity index (χ0n) is 22.1. The highest BCUT2D eigenvalue weighted by atomic mass is 32.2. The van der Waals surface area contributed by atoms with E-state index in [9.17, 15) is 13.2 Å². The third-order valence-corrected chi connectivity index (χ3v) is 6.85. The van der Waals surface area contributed by atoms with Gasteiger partial charge in [0.2, 0.25) is 5.91 Å². The molecule has 0 aliphatic heterocycles. The fourth-order valence-corrected chi connectivity index (χ4v) is 4.66. The van der Waals surface area contributed by atoms with E-state index < -0.39 is 15.9 Å². The molecule has 0 radical (unpaired) electrons. The number of nitrogens with one attached hydrogen (secondary N) is 3. The summed E-state index contributed by atoms with van der Waals surface area (Å²) < 4.78 is 50.1. The number of aromatic nitrogens is 2. The van der Waals surface area contributed by atoms with E-state index in [0.29, 0.717) is 34.8 Å². The number of hydrogen-bond acceptors (Lipinski definition) is 10. The second-order valence-corrected chi connectivity index (χ2v) is 10.0. The second-order valence-electron chi connectivity index (χ2n) is 8.36. The van der Waals surface area contributed by atoms with Crippen LogP contribution in [0.3, 0.4) is 0 Å². The van der Waals surface area contributed by atoms with Crippen LogP contribution in [0.2, 0.25) is 0 Å². The van der Waals surface area contributed by atoms with Crippen molar-refractivity contribution in [1.29, 1.82) is 0 Å². The molecule has 4 aromatic rings. The number of anilines is 4. The largest absolute Gasteiger partial charge is 0.497 e. The normalized spacial score (nSPS) is 11.2. The van der Waals surface area contributed by atoms with Gasteiger partial charge in [-0.3, -0.25) is 9.52 Å². The molecule has 1 amide bonds. The van der Waals surface area contributed by atoms with Crippen molar-refractivity contribution in [3.05, 3.63) is 66.7 Å². The van der Waals surface area contributed by atoms with Gasteiger partial charge in [-0.05, 0) is 30.3 Å². The Bertz CT molecular complexity index is 1580. The highest BCUT2D eigenvalue weighted by Crippen LogP contribution is 2.31. The first-order valence-corrected chi connectivity index (χ1v) is 13.6. The van der Waals surface area contributed by atoms with Gasteiger partial charge in [-0.25, -0.2) is 18.4 Å². The van der Waals surface area contributed by atoms with Crippen LogP contribution in [0.5, 0.6) is 11.5 Å². The van der Waals surface area contributed by atoms with E-state index in [-0.39, 0.29) is 35.4 Å². The number of sulfonamides is 1. The minimum absolute atomic E-state index is 0.0264. The maximum atomic E-state index is 13.4. The topological polar surface area (TPSA) is 150 Å². The molecule has 0 atom stereocenters. The third kappa shape index (κ3) is 7.34. The monoisotopic (exact) mass is 567 g/mol. The molecule has 0 bridgehead atoms. The summed E-state index contributed by atoms with van der Waals surface area (Å²) in [5.41, 5.74) is 1.87. The fraction of sp³-hybridized carbons (Fsp3) is 0.222. The number of rotatable bonds is 13. The predicted molar refractivity (Wildman–Crippen MR) is 151 cm³/mol. The minimum Gasteiger partial charge on any atom is -0.497 e. The van der Waals surface area contributed by atoms with Gasteiger partial charge in [-0.1, -0.05) is 18.2 Å². The Labute approximate surface area is 231 Å². The van der Waals surface area contributed by atoms with E-state index in [1.165, 1.54) is 39.5 Å². The molecule has 0 spiro atoms. The minimum atomic E-state index is -4.15. The Morgan fingerprint density at radius 2 is 1.48 bits per heavy atom. The van der Waals surface area contributed by atoms with Crippen LogP contribution in [-0.2, 0) is 24.3 Å². The molecule has 0 aliphatic carbocycles. The molecule has 13 heteroatoms. The number of fused-ring (bicyclic) bond motifs is 1. The summed E-state index contributed by atoms with van der Waals surface area (Å²) >= 11 is 0. The summed E-state index contributed by atoms with van der Waals surface area (Å²) in [7, 11) is 0.437. The lowest BCUT2D eigenvalue weighted by molar-refractivity contribution is -0.121. The second kappa shape index (κ2) is 13.1. The zero-order chi connectivity index (χ0) is 28.5. The van der Waals surface area contributed by atoms with Gasteiger partial charge in [-0.15, -0.1) is 0 Å². The molecule has 0 saturated carbocycles. The first-order chi connectivity index (χ1) is 19.3. The Hall–Kier alpha value is -4.46. The Morgan fingerprint density at radius 1 is 0.800 bits per heavy atom. The van der Waals surface area contributed by atoms with Crippen molar-refractivity contribution in [3.8, 4) is 11.5 Å². The fourth-order valence-electron chi connectivity index (χ4n) is 3.61. The van der Waals surface area contributed by atoms with E-state index in [1.807, 2.05) is 6.07 Å². The molecule has 3 N–H and O–H groups in total. The maximum Gasteiger partial charge on any atom is 0.263 e. The number of benzene rings is 3. The average molecular weight is 568 g/mol. The van der Waals surface area contributed by atoms with Crippen molar-refractivity contribution in [1.82, 2.24) is 9.97 Å². The standard InChI is InChI=1S/C27H29N5O7S/c1-36-11-12-39-17-25(33)28-18-7-6-8-22(15-18)40(34,35)32-27-26(30-23-9-4-5-10-24(23)31-27)29-19-13-20(37-2)16-21(14-19)38-3/h4-10,13-16H,11-12,17H2,1-3H3,(H,28,33)(H,29,30)(H,31,32). The molecule has 0 fully saturated rings. The Kier molecular flexibility index (Phi) is 9.32. The number of amides is 1. The van der Waals surface area contributed by atoms with Gasteiger partial charge >= 0.3 is 0 Å². The highest BCUT2D eigenvalue weighted by molar-refractivity contribution is 7.92. The molecule has 1 heterocycles. The molecule has 1 aromatic heterocycles. The van der Waals surface area contributed by atoms with Crippen LogP contribution >= 0.6 is 0 Å². The van der Waals surface area contributed by atoms with Crippen molar-refractivity contribution in [2.45, 2.75) is 4.90 Å². The molecular weight excluding hydrogens is 538 g/mol. The lowest BCUT2D eigenvalue weighted by atomic mass is 10.2. The van der Waals surface area contributed by atoms with E-state index in [4.69, 9.17) is 18.9 Å². The smallest absolute Gasteiger partial charge is 0.263 e. The maximum absolute atomic E-state index is 13.4. The number of ether oxygens (including phenoxy) is 4. The van der Waals surface area contributed by atoms with Gasteiger partial charge in [0.25, 0.3) is 10.0 Å². The Balaban J connectivity index is 1.62. The quantitative estimate of drug-likeness (QED) is 0.204. The highest BCUT2D eigenvalue weighted by Gasteiger charge is 2.20. The average Bonchev–Trinajstić information content (AvgIpc) is 2.95. The van der Waals surface area contributed by atoms with Crippen LogP contribution in [0.15, 0.2) is 71.6 Å². The van der Waals surface area contributed by atoms with Crippen molar-refractivity contribution in [2.75, 3.05) is 56.5 Å². The van der Waals surface area contributed by atoms with Crippen LogP contribution in [0.4, 0.5) is 23.0 Å². The number of nitrogens with zero attached hydrogens (tertiary/aromatic N) is 2. The van der Waals surface area contributed by atoms with Crippen LogP contribution in [0, 0.1) is 0 Å². The number of carbonyl (C=O) groups excluding carboxylic acids is 1. The predicted octanol–water partition coefficient (Wildman–Crippen LogP) is 3.79. The van der Waals surface area contributed by atoms with Crippen LogP contribution in [0.25, 0.3) is 11.0 Å². The number of hydrogen-bond donors (Lipinski definition) is 3. The van der Waals surface area contributed by atoms with Crippen molar-refractivity contribution in [3.63, 3.8) is 0 Å². The molecule has 210 valence electrons. The summed E-state index contributed by atoms with van der Waals surface area (Å²) in [6.45, 7) is 0.413. The van der Waals surface area contributed by atoms with Gasteiger partial charge in [0.05, 0.1) is 43.4 Å². The molecule has 0 saturated heterocycles. The lowest BCUT2D eigenvalue weighted by Crippen LogP contribution is -2.20. The summed E-state index contributed by atoms with van der Waals surface area (Å²) in [5, 5.41) is 5.74. The van der Waals surface area contributed by atoms with Crippen molar-refractivity contribution in [2.24, 2.45) is 0 Å². The molecule has 3 aromatic carbocycles. The molecule has 4 rings (SSSR count). The number of methoxy groups -OCH3 is 3. The summed E-state index contributed by atoms with van der Waals surface area (Å²) in [4.78, 5) is 21.2. The molecule has 0 unspecified atom stereocenters. The third-order valence-electron chi connectivity index (χ3n) is 5.51. The SMILES string of the molecule is COCCOCC(=O)Nc1cccc(S(=O)(=O)Nc2nc3ccccc3nc2Nc2cc(OC)cc(OC)c2)c1. The lowest BCUT2D eigenvalue weighted by Gasteiger charge is -2.15. The molecule has 12 nitrogen and oxygen atoms in total. The van der Waals surface area contributed by atoms with E-state index in [0.717, 1.165) is 0 Å². The summed E-state index contributed by atoms with van der Waals surface area (Å²) in [6.07, 6.45) is 0. The Morgan fingerprint density at radius 3 is 2.12 bits per heavy atom. The van der Waals surface area contributed by atoms with Crippen LogP contribution in [-0.4, -0.2) is 65.4 Å². The summed E-state index contributed by atoms with van der Waals surface area (Å²) in [5.74, 6) is 0.761. The van der Waals surface area contributed by atoms with E-state index in [2.05, 4.69) is 25.3 Å². The van der Waals surface area contributed by atoms with Crippen molar-refractivity contribution >= 4 is 50.0 Å². The van der Waals surface area contributed by atoms with Crippen LogP contribution < -0.4 is 24.8 Å². The molecule has 0 aliphatic rings. The number of carbonyl (C=O) groups is 1. The van der Waals surface area contributed by atoms with E-state index in [1.54, 1.807) is 42.5 Å². The van der Waals surface area contributed by atoms with Gasteiger partial charge in [0.15, 0.2) is 11.6 Å². The van der Waals surface area contributed by atoms with Gasteiger partial charge < -0.3 is 29.6 Å². The zero-order valence-corrected chi connectivity index (χ0v) is 22.9. The van der Waals surface area contributed by atoms with Gasteiger partial charge in [-0.2, -0.15) is 0 Å². The van der Waals surface area contributed by atoms with Gasteiger partial charge in [0.1, 0.15) is 18.1 Å². The number of para-hydroxylation sites is 2. The molecular formula is C27H29N5O7S. The first kappa shape index (κ1) is 28.5. The van der Waals surface area contributed by atoms with E-state index >= 15 is 0 Å². The summed E-state index contributed by atoms with van der Waals surface area (Å²) in [6, 6.07) is 18.0. The first-order valence-electron chi connectivity index (χ1n) is 12.1. The van der Waals surface area contributed by atoms with Crippen LogP contribution in [0.1, 0.15) is 0 Å². The van der Waals surface area contributed by atoms with Crippen molar-refractivity contribution < 1.29 is 32.2 Å².